The van der Waals surface area contributed by atoms with Crippen molar-refractivity contribution < 1.29 is 29.5 Å². The lowest BCUT2D eigenvalue weighted by Crippen LogP contribution is -2.33. The zero-order valence-electron chi connectivity index (χ0n) is 16.2. The lowest BCUT2D eigenvalue weighted by atomic mass is 9.95. The van der Waals surface area contributed by atoms with Crippen LogP contribution in [-0.2, 0) is 14.3 Å². The summed E-state index contributed by atoms with van der Waals surface area (Å²) < 4.78 is 5.22. The van der Waals surface area contributed by atoms with Gasteiger partial charge in [-0.3, -0.25) is 19.7 Å². The number of aliphatic hydroxyl groups is 2. The molecular formula is C21H19ClN2O7. The van der Waals surface area contributed by atoms with Gasteiger partial charge in [-0.15, -0.1) is 0 Å². The van der Waals surface area contributed by atoms with E-state index in [4.69, 9.17) is 21.4 Å². The summed E-state index contributed by atoms with van der Waals surface area (Å²) in [6.07, 6.45) is 0. The number of halogens is 1. The number of ketones is 1. The summed E-state index contributed by atoms with van der Waals surface area (Å²) in [6.45, 7) is -0.0203. The van der Waals surface area contributed by atoms with Crippen molar-refractivity contribution in [2.75, 3.05) is 26.4 Å². The molecule has 0 saturated carbocycles. The second kappa shape index (κ2) is 9.69. The van der Waals surface area contributed by atoms with Crippen LogP contribution in [0.1, 0.15) is 17.2 Å². The van der Waals surface area contributed by atoms with E-state index in [1.807, 2.05) is 0 Å². The predicted octanol–water partition coefficient (Wildman–Crippen LogP) is 2.68. The molecule has 1 saturated heterocycles. The van der Waals surface area contributed by atoms with Gasteiger partial charge in [-0.2, -0.15) is 0 Å². The number of rotatable bonds is 8. The second-order valence-electron chi connectivity index (χ2n) is 6.69. The molecule has 0 spiro atoms. The lowest BCUT2D eigenvalue weighted by Gasteiger charge is -2.25. The first kappa shape index (κ1) is 22.4. The molecule has 0 radical (unpaired) electrons. The molecular weight excluding hydrogens is 428 g/mol. The maximum absolute atomic E-state index is 12.8. The number of likely N-dealkylation sites (tertiary alicyclic amines) is 1. The second-order valence-corrected chi connectivity index (χ2v) is 7.12. The maximum Gasteiger partial charge on any atom is 0.295 e. The normalized spacial score (nSPS) is 17.9. The van der Waals surface area contributed by atoms with Gasteiger partial charge in [-0.1, -0.05) is 35.9 Å². The Hall–Kier alpha value is -3.27. The third-order valence-electron chi connectivity index (χ3n) is 4.77. The average Bonchev–Trinajstić information content (AvgIpc) is 3.01. The van der Waals surface area contributed by atoms with E-state index < -0.39 is 28.4 Å². The number of amides is 1. The van der Waals surface area contributed by atoms with E-state index in [1.54, 1.807) is 24.3 Å². The van der Waals surface area contributed by atoms with Crippen molar-refractivity contribution in [2.24, 2.45) is 0 Å². The quantitative estimate of drug-likeness (QED) is 0.159. The summed E-state index contributed by atoms with van der Waals surface area (Å²) in [7, 11) is 0. The number of ether oxygens (including phenoxy) is 1. The number of nitro groups is 1. The van der Waals surface area contributed by atoms with E-state index in [2.05, 4.69) is 0 Å². The third kappa shape index (κ3) is 4.74. The third-order valence-corrected chi connectivity index (χ3v) is 5.02. The Kier molecular flexibility index (Phi) is 7.01. The molecule has 2 aromatic carbocycles. The first-order chi connectivity index (χ1) is 14.8. The largest absolute Gasteiger partial charge is 0.507 e. The van der Waals surface area contributed by atoms with Crippen molar-refractivity contribution in [3.05, 3.63) is 80.4 Å². The first-order valence-electron chi connectivity index (χ1n) is 9.32. The molecule has 1 aliphatic heterocycles. The summed E-state index contributed by atoms with van der Waals surface area (Å²) >= 11 is 5.96. The van der Waals surface area contributed by atoms with Gasteiger partial charge in [0.25, 0.3) is 17.4 Å². The molecule has 1 atom stereocenters. The van der Waals surface area contributed by atoms with E-state index in [0.717, 1.165) is 6.07 Å². The summed E-state index contributed by atoms with van der Waals surface area (Å²) in [5, 5.41) is 31.3. The van der Waals surface area contributed by atoms with Crippen molar-refractivity contribution >= 4 is 34.7 Å². The molecule has 2 N–H and O–H groups in total. The number of nitrogens with zero attached hydrogens (tertiary/aromatic N) is 2. The van der Waals surface area contributed by atoms with Gasteiger partial charge in [-0.25, -0.2) is 0 Å². The van der Waals surface area contributed by atoms with Crippen molar-refractivity contribution in [2.45, 2.75) is 6.04 Å². The van der Waals surface area contributed by atoms with Crippen molar-refractivity contribution in [3.8, 4) is 0 Å². The fraction of sp³-hybridized carbons (Fsp3) is 0.238. The number of carbonyl (C=O) groups excluding carboxylic acids is 2. The zero-order valence-corrected chi connectivity index (χ0v) is 17.0. The Labute approximate surface area is 182 Å². The standard InChI is InChI=1S/C21H19ClN2O7/c22-15-6-4-13(5-7-15)18-17(19(26)14-2-1-3-16(12-14)24(29)30)20(27)21(28)23(18)8-10-31-11-9-25/h1-7,12,18,25-26H,8-11H2/t18-/m0/s1. The number of non-ortho nitro benzene ring substituents is 1. The fourth-order valence-corrected chi connectivity index (χ4v) is 3.48. The highest BCUT2D eigenvalue weighted by molar-refractivity contribution is 6.46. The van der Waals surface area contributed by atoms with Crippen LogP contribution in [-0.4, -0.2) is 58.1 Å². The summed E-state index contributed by atoms with van der Waals surface area (Å²) in [6, 6.07) is 10.7. The Bertz CT molecular complexity index is 1040. The molecule has 31 heavy (non-hydrogen) atoms. The van der Waals surface area contributed by atoms with Crippen LogP contribution in [0, 0.1) is 10.1 Å². The van der Waals surface area contributed by atoms with Crippen molar-refractivity contribution in [1.82, 2.24) is 4.90 Å². The van der Waals surface area contributed by atoms with E-state index in [1.165, 1.54) is 23.1 Å². The van der Waals surface area contributed by atoms with Crippen LogP contribution in [0.15, 0.2) is 54.1 Å². The number of nitro benzene ring substituents is 1. The van der Waals surface area contributed by atoms with Crippen LogP contribution >= 0.6 is 11.6 Å². The van der Waals surface area contributed by atoms with Crippen molar-refractivity contribution in [1.29, 1.82) is 0 Å². The molecule has 9 nitrogen and oxygen atoms in total. The minimum atomic E-state index is -0.936. The van der Waals surface area contributed by atoms with E-state index in [-0.39, 0.29) is 43.2 Å². The van der Waals surface area contributed by atoms with Gasteiger partial charge in [0.05, 0.1) is 36.4 Å². The van der Waals surface area contributed by atoms with Crippen LogP contribution in [0.4, 0.5) is 5.69 Å². The van der Waals surface area contributed by atoms with Crippen LogP contribution in [0.2, 0.25) is 5.02 Å². The Morgan fingerprint density at radius 1 is 1.16 bits per heavy atom. The monoisotopic (exact) mass is 446 g/mol. The molecule has 0 bridgehead atoms. The predicted molar refractivity (Wildman–Crippen MR) is 111 cm³/mol. The van der Waals surface area contributed by atoms with Gasteiger partial charge in [0.1, 0.15) is 5.76 Å². The van der Waals surface area contributed by atoms with E-state index in [0.29, 0.717) is 10.6 Å². The lowest BCUT2D eigenvalue weighted by molar-refractivity contribution is -0.384. The average molecular weight is 447 g/mol. The van der Waals surface area contributed by atoms with Gasteiger partial charge < -0.3 is 19.8 Å². The molecule has 10 heteroatoms. The zero-order chi connectivity index (χ0) is 22.5. The number of Topliss-reactive ketones (excluding diaryl/α,β-unsaturated/α-hetero) is 1. The summed E-state index contributed by atoms with van der Waals surface area (Å²) in [4.78, 5) is 37.3. The molecule has 0 unspecified atom stereocenters. The molecule has 3 rings (SSSR count). The minimum Gasteiger partial charge on any atom is -0.507 e. The molecule has 0 aromatic heterocycles. The Morgan fingerprint density at radius 3 is 2.52 bits per heavy atom. The van der Waals surface area contributed by atoms with Gasteiger partial charge >= 0.3 is 0 Å². The maximum atomic E-state index is 12.8. The molecule has 1 fully saturated rings. The molecule has 162 valence electrons. The molecule has 2 aromatic rings. The topological polar surface area (TPSA) is 130 Å². The number of carbonyl (C=O) groups is 2. The fourth-order valence-electron chi connectivity index (χ4n) is 3.35. The van der Waals surface area contributed by atoms with Gasteiger partial charge in [0, 0.05) is 29.3 Å². The van der Waals surface area contributed by atoms with Gasteiger partial charge in [-0.05, 0) is 17.7 Å². The van der Waals surface area contributed by atoms with Gasteiger partial charge in [0.15, 0.2) is 0 Å². The molecule has 1 amide bonds. The van der Waals surface area contributed by atoms with E-state index >= 15 is 0 Å². The SMILES string of the molecule is O=C1C(=O)N(CCOCCO)[C@@H](c2ccc(Cl)cc2)C1=C(O)c1cccc([N+](=O)[O-])c1. The van der Waals surface area contributed by atoms with Crippen LogP contribution < -0.4 is 0 Å². The number of aliphatic hydroxyl groups excluding tert-OH is 2. The van der Waals surface area contributed by atoms with Crippen LogP contribution in [0.5, 0.6) is 0 Å². The highest BCUT2D eigenvalue weighted by atomic mass is 35.5. The molecule has 1 heterocycles. The summed E-state index contributed by atoms with van der Waals surface area (Å²) in [5.74, 6) is -2.26. The van der Waals surface area contributed by atoms with Gasteiger partial charge in [0.2, 0.25) is 0 Å². The van der Waals surface area contributed by atoms with Crippen molar-refractivity contribution in [3.63, 3.8) is 0 Å². The Morgan fingerprint density at radius 2 is 1.87 bits per heavy atom. The molecule has 0 aliphatic carbocycles. The number of hydrogen-bond donors (Lipinski definition) is 2. The first-order valence-corrected chi connectivity index (χ1v) is 9.70. The minimum absolute atomic E-state index is 0.0313. The highest BCUT2D eigenvalue weighted by Gasteiger charge is 2.45. The van der Waals surface area contributed by atoms with Crippen LogP contribution in [0.25, 0.3) is 5.76 Å². The number of hydrogen-bond acceptors (Lipinski definition) is 7. The van der Waals surface area contributed by atoms with Crippen LogP contribution in [0.3, 0.4) is 0 Å². The molecule has 1 aliphatic rings. The Balaban J connectivity index is 2.09. The highest BCUT2D eigenvalue weighted by Crippen LogP contribution is 2.39. The summed E-state index contributed by atoms with van der Waals surface area (Å²) in [5.41, 5.74) is 0.120. The van der Waals surface area contributed by atoms with E-state index in [9.17, 15) is 24.8 Å². The smallest absolute Gasteiger partial charge is 0.295 e. The number of benzene rings is 2.